The van der Waals surface area contributed by atoms with Crippen LogP contribution in [0.4, 0.5) is 14.9 Å². The van der Waals surface area contributed by atoms with E-state index in [0.29, 0.717) is 0 Å². The van der Waals surface area contributed by atoms with Crippen molar-refractivity contribution in [3.63, 3.8) is 0 Å². The van der Waals surface area contributed by atoms with Crippen LogP contribution in [0.25, 0.3) is 0 Å². The highest BCUT2D eigenvalue weighted by atomic mass is 19.1. The first-order chi connectivity index (χ1) is 9.82. The molecule has 1 fully saturated rings. The van der Waals surface area contributed by atoms with Crippen LogP contribution in [0.2, 0.25) is 0 Å². The van der Waals surface area contributed by atoms with E-state index in [0.717, 1.165) is 24.9 Å². The number of ether oxygens (including phenoxy) is 1. The number of carbonyl (C=O) groups is 1. The number of nitrogens with one attached hydrogen (secondary N) is 2. The van der Waals surface area contributed by atoms with E-state index in [-0.39, 0.29) is 18.2 Å². The van der Waals surface area contributed by atoms with E-state index < -0.39 is 11.5 Å². The number of amides is 1. The minimum absolute atomic E-state index is 0.103. The first-order valence-electron chi connectivity index (χ1n) is 7.19. The molecule has 2 N–H and O–H groups in total. The number of nitrogens with zero attached hydrogens (tertiary/aromatic N) is 1. The molecule has 1 aromatic rings. The number of halogens is 1. The molecule has 5 nitrogen and oxygen atoms in total. The Morgan fingerprint density at radius 3 is 2.67 bits per heavy atom. The summed E-state index contributed by atoms with van der Waals surface area (Å²) >= 11 is 0. The van der Waals surface area contributed by atoms with E-state index in [1.54, 1.807) is 6.07 Å². The number of alkyl carbamates (subject to hydrolysis) is 1. The number of anilines is 1. The Balaban J connectivity index is 1.78. The molecule has 0 bridgehead atoms. The molecular weight excluding hydrogens is 273 g/mol. The molecule has 0 radical (unpaired) electrons. The van der Waals surface area contributed by atoms with Crippen LogP contribution in [0.3, 0.4) is 0 Å². The third-order valence-corrected chi connectivity index (χ3v) is 3.25. The largest absolute Gasteiger partial charge is 0.444 e. The summed E-state index contributed by atoms with van der Waals surface area (Å²) in [4.78, 5) is 15.3. The van der Waals surface area contributed by atoms with Crippen molar-refractivity contribution in [2.24, 2.45) is 0 Å². The van der Waals surface area contributed by atoms with Crippen molar-refractivity contribution in [2.45, 2.75) is 57.7 Å². The Morgan fingerprint density at radius 2 is 2.05 bits per heavy atom. The number of rotatable bonds is 3. The molecule has 1 aliphatic carbocycles. The van der Waals surface area contributed by atoms with Gasteiger partial charge in [0.05, 0.1) is 11.9 Å². The lowest BCUT2D eigenvalue weighted by atomic mass is 10.2. The van der Waals surface area contributed by atoms with Gasteiger partial charge in [0.1, 0.15) is 5.60 Å². The third kappa shape index (κ3) is 5.21. The second-order valence-corrected chi connectivity index (χ2v) is 6.37. The summed E-state index contributed by atoms with van der Waals surface area (Å²) in [6.45, 7) is 5.52. The smallest absolute Gasteiger partial charge is 0.407 e. The first kappa shape index (κ1) is 15.5. The van der Waals surface area contributed by atoms with E-state index in [1.807, 2.05) is 20.8 Å². The zero-order valence-corrected chi connectivity index (χ0v) is 12.6. The molecule has 1 aromatic heterocycles. The normalized spacial score (nSPS) is 21.9. The summed E-state index contributed by atoms with van der Waals surface area (Å²) in [5.74, 6) is -0.489. The van der Waals surface area contributed by atoms with Crippen LogP contribution in [0.1, 0.15) is 40.0 Å². The lowest BCUT2D eigenvalue weighted by Crippen LogP contribution is -2.38. The maximum absolute atomic E-state index is 12.7. The van der Waals surface area contributed by atoms with E-state index >= 15 is 0 Å². The fourth-order valence-corrected chi connectivity index (χ4v) is 2.41. The topological polar surface area (TPSA) is 63.2 Å². The van der Waals surface area contributed by atoms with Gasteiger partial charge < -0.3 is 15.4 Å². The van der Waals surface area contributed by atoms with Gasteiger partial charge in [-0.1, -0.05) is 0 Å². The van der Waals surface area contributed by atoms with Gasteiger partial charge in [0.2, 0.25) is 5.95 Å². The highest BCUT2D eigenvalue weighted by Crippen LogP contribution is 2.23. The van der Waals surface area contributed by atoms with Crippen LogP contribution in [0.15, 0.2) is 18.3 Å². The van der Waals surface area contributed by atoms with Crippen LogP contribution < -0.4 is 10.6 Å². The summed E-state index contributed by atoms with van der Waals surface area (Å²) in [5.41, 5.74) is 0.305. The molecule has 21 heavy (non-hydrogen) atoms. The molecular formula is C15H22FN3O2. The van der Waals surface area contributed by atoms with Crippen molar-refractivity contribution in [1.82, 2.24) is 10.3 Å². The average molecular weight is 295 g/mol. The van der Waals surface area contributed by atoms with Crippen molar-refractivity contribution in [3.05, 3.63) is 24.3 Å². The van der Waals surface area contributed by atoms with Gasteiger partial charge in [0.15, 0.2) is 0 Å². The minimum Gasteiger partial charge on any atom is -0.444 e. The Labute approximate surface area is 124 Å². The van der Waals surface area contributed by atoms with Crippen molar-refractivity contribution in [1.29, 1.82) is 0 Å². The van der Waals surface area contributed by atoms with E-state index in [1.165, 1.54) is 12.3 Å². The van der Waals surface area contributed by atoms with E-state index in [9.17, 15) is 9.18 Å². The molecule has 0 saturated heterocycles. The number of carbonyl (C=O) groups excluding carboxylic acids is 1. The van der Waals surface area contributed by atoms with Gasteiger partial charge in [0.25, 0.3) is 0 Å². The third-order valence-electron chi connectivity index (χ3n) is 3.25. The monoisotopic (exact) mass is 295 g/mol. The van der Waals surface area contributed by atoms with Gasteiger partial charge >= 0.3 is 6.09 Å². The number of aromatic nitrogens is 1. The molecule has 1 saturated carbocycles. The standard InChI is InChI=1S/C15H22FN3O2/c1-15(2,3)21-14(20)19-11-5-4-10(8-11)18-12-6-7-13(16)17-9-12/h6-7,9-11,18H,4-5,8H2,1-3H3,(H,19,20). The summed E-state index contributed by atoms with van der Waals surface area (Å²) in [6.07, 6.45) is 3.75. The fraction of sp³-hybridized carbons (Fsp3) is 0.600. The van der Waals surface area contributed by atoms with Gasteiger partial charge in [-0.15, -0.1) is 0 Å². The molecule has 1 amide bonds. The van der Waals surface area contributed by atoms with Crippen LogP contribution in [-0.2, 0) is 4.74 Å². The van der Waals surface area contributed by atoms with Gasteiger partial charge in [-0.05, 0) is 52.2 Å². The molecule has 2 unspecified atom stereocenters. The number of hydrogen-bond donors (Lipinski definition) is 2. The lowest BCUT2D eigenvalue weighted by Gasteiger charge is -2.22. The fourth-order valence-electron chi connectivity index (χ4n) is 2.41. The maximum atomic E-state index is 12.7. The van der Waals surface area contributed by atoms with Crippen LogP contribution >= 0.6 is 0 Å². The highest BCUT2D eigenvalue weighted by Gasteiger charge is 2.27. The summed E-state index contributed by atoms with van der Waals surface area (Å²) in [6, 6.07) is 3.34. The Kier molecular flexibility index (Phi) is 4.65. The molecule has 6 heteroatoms. The van der Waals surface area contributed by atoms with Gasteiger partial charge in [-0.3, -0.25) is 0 Å². The van der Waals surface area contributed by atoms with Crippen molar-refractivity contribution >= 4 is 11.8 Å². The van der Waals surface area contributed by atoms with Crippen LogP contribution in [0.5, 0.6) is 0 Å². The molecule has 2 rings (SSSR count). The van der Waals surface area contributed by atoms with E-state index in [2.05, 4.69) is 15.6 Å². The van der Waals surface area contributed by atoms with Gasteiger partial charge in [-0.25, -0.2) is 9.78 Å². The van der Waals surface area contributed by atoms with Crippen molar-refractivity contribution in [2.75, 3.05) is 5.32 Å². The summed E-state index contributed by atoms with van der Waals surface area (Å²) in [5, 5.41) is 6.18. The zero-order valence-electron chi connectivity index (χ0n) is 12.6. The van der Waals surface area contributed by atoms with E-state index in [4.69, 9.17) is 4.74 Å². The summed E-state index contributed by atoms with van der Waals surface area (Å²) in [7, 11) is 0. The predicted octanol–water partition coefficient (Wildman–Crippen LogP) is 3.08. The number of pyridine rings is 1. The SMILES string of the molecule is CC(C)(C)OC(=O)NC1CCC(Nc2ccc(F)nc2)C1. The molecule has 2 atom stereocenters. The van der Waals surface area contributed by atoms with Crippen molar-refractivity contribution < 1.29 is 13.9 Å². The van der Waals surface area contributed by atoms with Gasteiger partial charge in [-0.2, -0.15) is 4.39 Å². The molecule has 1 aliphatic rings. The Hall–Kier alpha value is -1.85. The predicted molar refractivity (Wildman–Crippen MR) is 78.6 cm³/mol. The molecule has 116 valence electrons. The maximum Gasteiger partial charge on any atom is 0.407 e. The molecule has 0 aromatic carbocycles. The first-order valence-corrected chi connectivity index (χ1v) is 7.19. The molecule has 0 spiro atoms. The molecule has 0 aliphatic heterocycles. The second kappa shape index (κ2) is 6.28. The highest BCUT2D eigenvalue weighted by molar-refractivity contribution is 5.68. The van der Waals surface area contributed by atoms with Crippen LogP contribution in [0, 0.1) is 5.95 Å². The van der Waals surface area contributed by atoms with Gasteiger partial charge in [0, 0.05) is 12.1 Å². The summed E-state index contributed by atoms with van der Waals surface area (Å²) < 4.78 is 18.0. The zero-order chi connectivity index (χ0) is 15.5. The Morgan fingerprint density at radius 1 is 1.33 bits per heavy atom. The minimum atomic E-state index is -0.489. The Bertz CT molecular complexity index is 485. The average Bonchev–Trinajstić information content (AvgIpc) is 2.77. The second-order valence-electron chi connectivity index (χ2n) is 6.37. The van der Waals surface area contributed by atoms with Crippen molar-refractivity contribution in [3.8, 4) is 0 Å². The number of hydrogen-bond acceptors (Lipinski definition) is 4. The van der Waals surface area contributed by atoms with Crippen LogP contribution in [-0.4, -0.2) is 28.8 Å². The molecule has 1 heterocycles. The lowest BCUT2D eigenvalue weighted by molar-refractivity contribution is 0.0505. The quantitative estimate of drug-likeness (QED) is 0.841.